The van der Waals surface area contributed by atoms with E-state index in [2.05, 4.69) is 5.32 Å². The van der Waals surface area contributed by atoms with Gasteiger partial charge < -0.3 is 10.2 Å². The Labute approximate surface area is 163 Å². The van der Waals surface area contributed by atoms with Gasteiger partial charge in [-0.05, 0) is 55.3 Å². The smallest absolute Gasteiger partial charge is 0.255 e. The molecule has 2 aromatic carbocycles. The molecule has 1 fully saturated rings. The zero-order chi connectivity index (χ0) is 18.5. The molecule has 0 radical (unpaired) electrons. The summed E-state index contributed by atoms with van der Waals surface area (Å²) in [4.78, 5) is 26.9. The Balaban J connectivity index is 1.69. The highest BCUT2D eigenvalue weighted by Crippen LogP contribution is 2.26. The first-order chi connectivity index (χ1) is 12.5. The van der Waals surface area contributed by atoms with Crippen molar-refractivity contribution in [2.75, 3.05) is 18.4 Å². The summed E-state index contributed by atoms with van der Waals surface area (Å²) >= 11 is 12.0. The predicted octanol–water partition coefficient (Wildman–Crippen LogP) is 5.26. The number of anilines is 1. The molecule has 26 heavy (non-hydrogen) atoms. The summed E-state index contributed by atoms with van der Waals surface area (Å²) in [5, 5.41) is 3.64. The zero-order valence-electron chi connectivity index (χ0n) is 14.3. The largest absolute Gasteiger partial charge is 0.339 e. The molecule has 0 aliphatic carbocycles. The van der Waals surface area contributed by atoms with Crippen molar-refractivity contribution in [3.05, 3.63) is 63.6 Å². The van der Waals surface area contributed by atoms with Crippen LogP contribution in [-0.2, 0) is 0 Å². The number of nitrogens with zero attached hydrogens (tertiary/aromatic N) is 1. The molecule has 0 atom stereocenters. The Morgan fingerprint density at radius 3 is 2.12 bits per heavy atom. The molecule has 0 spiro atoms. The maximum atomic E-state index is 12.6. The summed E-state index contributed by atoms with van der Waals surface area (Å²) in [6.45, 7) is 1.60. The van der Waals surface area contributed by atoms with Crippen molar-refractivity contribution in [3.63, 3.8) is 0 Å². The minimum atomic E-state index is -0.303. The number of hydrogen-bond donors (Lipinski definition) is 1. The first-order valence-electron chi connectivity index (χ1n) is 8.70. The lowest BCUT2D eigenvalue weighted by Crippen LogP contribution is -2.31. The van der Waals surface area contributed by atoms with Crippen molar-refractivity contribution in [2.24, 2.45) is 0 Å². The number of benzene rings is 2. The van der Waals surface area contributed by atoms with E-state index in [1.807, 2.05) is 4.90 Å². The maximum Gasteiger partial charge on any atom is 0.255 e. The number of hydrogen-bond acceptors (Lipinski definition) is 2. The Morgan fingerprint density at radius 1 is 0.846 bits per heavy atom. The van der Waals surface area contributed by atoms with E-state index in [0.29, 0.717) is 26.9 Å². The van der Waals surface area contributed by atoms with Crippen LogP contribution in [0.15, 0.2) is 42.5 Å². The van der Waals surface area contributed by atoms with Gasteiger partial charge in [-0.25, -0.2) is 0 Å². The first kappa shape index (κ1) is 18.7. The molecule has 0 saturated carbocycles. The highest BCUT2D eigenvalue weighted by atomic mass is 35.5. The van der Waals surface area contributed by atoms with E-state index in [4.69, 9.17) is 23.2 Å². The van der Waals surface area contributed by atoms with Gasteiger partial charge in [-0.2, -0.15) is 0 Å². The lowest BCUT2D eigenvalue weighted by atomic mass is 10.1. The van der Waals surface area contributed by atoms with Gasteiger partial charge in [-0.15, -0.1) is 0 Å². The van der Waals surface area contributed by atoms with E-state index >= 15 is 0 Å². The van der Waals surface area contributed by atoms with Gasteiger partial charge in [-0.1, -0.05) is 36.0 Å². The molecule has 3 rings (SSSR count). The fourth-order valence-electron chi connectivity index (χ4n) is 3.01. The van der Waals surface area contributed by atoms with Gasteiger partial charge in [-0.3, -0.25) is 9.59 Å². The van der Waals surface area contributed by atoms with Gasteiger partial charge in [0.2, 0.25) is 0 Å². The van der Waals surface area contributed by atoms with E-state index in [1.54, 1.807) is 42.5 Å². The number of carbonyl (C=O) groups is 2. The van der Waals surface area contributed by atoms with E-state index in [-0.39, 0.29) is 11.8 Å². The zero-order valence-corrected chi connectivity index (χ0v) is 15.8. The van der Waals surface area contributed by atoms with Crippen molar-refractivity contribution >= 4 is 40.7 Å². The number of nitrogens with one attached hydrogen (secondary N) is 1. The predicted molar refractivity (Wildman–Crippen MR) is 105 cm³/mol. The first-order valence-corrected chi connectivity index (χ1v) is 9.46. The average molecular weight is 391 g/mol. The highest BCUT2D eigenvalue weighted by Gasteiger charge is 2.18. The van der Waals surface area contributed by atoms with Crippen molar-refractivity contribution in [1.29, 1.82) is 0 Å². The summed E-state index contributed by atoms with van der Waals surface area (Å²) in [6, 6.07) is 11.6. The van der Waals surface area contributed by atoms with Crippen molar-refractivity contribution in [1.82, 2.24) is 4.90 Å². The van der Waals surface area contributed by atoms with Crippen LogP contribution >= 0.6 is 23.2 Å². The van der Waals surface area contributed by atoms with Crippen LogP contribution in [0.4, 0.5) is 5.69 Å². The van der Waals surface area contributed by atoms with Gasteiger partial charge in [0.1, 0.15) is 0 Å². The standard InChI is InChI=1S/C20H20Cl2N2O2/c21-16-9-10-17(22)18(13-16)23-19(25)14-5-7-15(8-6-14)20(26)24-11-3-1-2-4-12-24/h5-10,13H,1-4,11-12H2,(H,23,25). The Bertz CT molecular complexity index is 798. The van der Waals surface area contributed by atoms with Crippen LogP contribution in [-0.4, -0.2) is 29.8 Å². The van der Waals surface area contributed by atoms with Crippen LogP contribution in [0.25, 0.3) is 0 Å². The second-order valence-corrected chi connectivity index (χ2v) is 7.21. The van der Waals surface area contributed by atoms with Crippen molar-refractivity contribution in [3.8, 4) is 0 Å². The summed E-state index contributed by atoms with van der Waals surface area (Å²) in [5.41, 5.74) is 1.51. The quantitative estimate of drug-likeness (QED) is 0.776. The fourth-order valence-corrected chi connectivity index (χ4v) is 3.35. The number of amides is 2. The minimum absolute atomic E-state index is 0.0248. The summed E-state index contributed by atoms with van der Waals surface area (Å²) in [6.07, 6.45) is 4.45. The molecule has 0 bridgehead atoms. The highest BCUT2D eigenvalue weighted by molar-refractivity contribution is 6.35. The van der Waals surface area contributed by atoms with Gasteiger partial charge in [0.25, 0.3) is 11.8 Å². The molecule has 1 aliphatic heterocycles. The van der Waals surface area contributed by atoms with Crippen LogP contribution in [0.3, 0.4) is 0 Å². The van der Waals surface area contributed by atoms with Crippen LogP contribution in [0.5, 0.6) is 0 Å². The second kappa shape index (κ2) is 8.56. The molecule has 6 heteroatoms. The molecule has 4 nitrogen and oxygen atoms in total. The lowest BCUT2D eigenvalue weighted by molar-refractivity contribution is 0.0761. The van der Waals surface area contributed by atoms with Gasteiger partial charge in [0.15, 0.2) is 0 Å². The monoisotopic (exact) mass is 390 g/mol. The van der Waals surface area contributed by atoms with E-state index in [1.165, 1.54) is 12.8 Å². The fraction of sp³-hybridized carbons (Fsp3) is 0.300. The number of rotatable bonds is 3. The maximum absolute atomic E-state index is 12.6. The summed E-state index contributed by atoms with van der Waals surface area (Å²) in [5.74, 6) is -0.278. The molecule has 0 aromatic heterocycles. The van der Waals surface area contributed by atoms with Gasteiger partial charge >= 0.3 is 0 Å². The number of likely N-dealkylation sites (tertiary alicyclic amines) is 1. The summed E-state index contributed by atoms with van der Waals surface area (Å²) < 4.78 is 0. The summed E-state index contributed by atoms with van der Waals surface area (Å²) in [7, 11) is 0. The van der Waals surface area contributed by atoms with Crippen molar-refractivity contribution in [2.45, 2.75) is 25.7 Å². The third-order valence-electron chi connectivity index (χ3n) is 4.46. The molecule has 136 valence electrons. The number of carbonyl (C=O) groups excluding carboxylic acids is 2. The second-order valence-electron chi connectivity index (χ2n) is 6.36. The van der Waals surface area contributed by atoms with Crippen LogP contribution < -0.4 is 5.32 Å². The molecular weight excluding hydrogens is 371 g/mol. The van der Waals surface area contributed by atoms with Crippen LogP contribution in [0.2, 0.25) is 10.0 Å². The Hall–Kier alpha value is -2.04. The lowest BCUT2D eigenvalue weighted by Gasteiger charge is -2.20. The Morgan fingerprint density at radius 2 is 1.46 bits per heavy atom. The molecule has 1 N–H and O–H groups in total. The van der Waals surface area contributed by atoms with Crippen LogP contribution in [0.1, 0.15) is 46.4 Å². The van der Waals surface area contributed by atoms with E-state index in [0.717, 1.165) is 25.9 Å². The number of halogens is 2. The van der Waals surface area contributed by atoms with Gasteiger partial charge in [0, 0.05) is 29.2 Å². The molecule has 2 aromatic rings. The van der Waals surface area contributed by atoms with Crippen molar-refractivity contribution < 1.29 is 9.59 Å². The molecular formula is C20H20Cl2N2O2. The van der Waals surface area contributed by atoms with E-state index < -0.39 is 0 Å². The topological polar surface area (TPSA) is 49.4 Å². The normalized spacial score (nSPS) is 14.6. The van der Waals surface area contributed by atoms with Gasteiger partial charge in [0.05, 0.1) is 10.7 Å². The molecule has 2 amide bonds. The molecule has 1 heterocycles. The average Bonchev–Trinajstić information content (AvgIpc) is 2.93. The molecule has 1 saturated heterocycles. The Kier molecular flexibility index (Phi) is 6.17. The molecule has 0 unspecified atom stereocenters. The third-order valence-corrected chi connectivity index (χ3v) is 5.03. The SMILES string of the molecule is O=C(Nc1cc(Cl)ccc1Cl)c1ccc(C(=O)N2CCCCCC2)cc1. The molecule has 1 aliphatic rings. The minimum Gasteiger partial charge on any atom is -0.339 e. The van der Waals surface area contributed by atoms with E-state index in [9.17, 15) is 9.59 Å². The third kappa shape index (κ3) is 4.57. The van der Waals surface area contributed by atoms with Crippen LogP contribution in [0, 0.1) is 0 Å².